The summed E-state index contributed by atoms with van der Waals surface area (Å²) in [7, 11) is 0. The summed E-state index contributed by atoms with van der Waals surface area (Å²) < 4.78 is 26.3. The number of amides is 1. The van der Waals surface area contributed by atoms with Crippen molar-refractivity contribution < 1.29 is 13.6 Å². The lowest BCUT2D eigenvalue weighted by Crippen LogP contribution is -2.40. The first-order valence-corrected chi connectivity index (χ1v) is 9.89. The molecule has 3 fully saturated rings. The Hall–Kier alpha value is -1.01. The number of alkyl halides is 2. The van der Waals surface area contributed by atoms with E-state index in [-0.39, 0.29) is 24.8 Å². The van der Waals surface area contributed by atoms with E-state index in [1.54, 1.807) is 0 Å². The largest absolute Gasteiger partial charge is 0.349 e. The molecule has 2 atom stereocenters. The molecular formula is C18H24F2N2OS. The van der Waals surface area contributed by atoms with Gasteiger partial charge in [0.05, 0.1) is 4.88 Å². The number of hydrogen-bond acceptors (Lipinski definition) is 3. The van der Waals surface area contributed by atoms with E-state index < -0.39 is 5.92 Å². The van der Waals surface area contributed by atoms with Gasteiger partial charge in [-0.2, -0.15) is 0 Å². The van der Waals surface area contributed by atoms with Crippen LogP contribution in [-0.4, -0.2) is 30.5 Å². The molecule has 0 bridgehead atoms. The van der Waals surface area contributed by atoms with E-state index in [9.17, 15) is 13.6 Å². The van der Waals surface area contributed by atoms with Crippen LogP contribution < -0.4 is 10.6 Å². The van der Waals surface area contributed by atoms with Crippen LogP contribution in [-0.2, 0) is 0 Å². The number of carbonyl (C=O) groups is 1. The fourth-order valence-electron chi connectivity index (χ4n) is 3.53. The molecule has 132 valence electrons. The minimum atomic E-state index is -2.55. The molecule has 3 aliphatic carbocycles. The summed E-state index contributed by atoms with van der Waals surface area (Å²) in [6.45, 7) is 1.13. The lowest BCUT2D eigenvalue weighted by molar-refractivity contribution is -0.0399. The molecule has 0 radical (unpaired) electrons. The lowest BCUT2D eigenvalue weighted by atomic mass is 9.92. The highest BCUT2D eigenvalue weighted by Gasteiger charge is 2.40. The van der Waals surface area contributed by atoms with Gasteiger partial charge in [0.25, 0.3) is 5.91 Å². The van der Waals surface area contributed by atoms with Crippen LogP contribution in [0.15, 0.2) is 11.4 Å². The van der Waals surface area contributed by atoms with Crippen molar-refractivity contribution in [1.82, 2.24) is 10.6 Å². The minimum Gasteiger partial charge on any atom is -0.349 e. The quantitative estimate of drug-likeness (QED) is 0.813. The van der Waals surface area contributed by atoms with E-state index >= 15 is 0 Å². The Morgan fingerprint density at radius 3 is 2.71 bits per heavy atom. The van der Waals surface area contributed by atoms with Crippen LogP contribution in [0.1, 0.15) is 66.1 Å². The molecule has 3 aliphatic rings. The van der Waals surface area contributed by atoms with Crippen LogP contribution in [0.3, 0.4) is 0 Å². The molecule has 2 unspecified atom stereocenters. The van der Waals surface area contributed by atoms with Crippen LogP contribution >= 0.6 is 11.3 Å². The van der Waals surface area contributed by atoms with Crippen molar-refractivity contribution in [3.05, 3.63) is 21.9 Å². The van der Waals surface area contributed by atoms with E-state index in [0.29, 0.717) is 29.7 Å². The van der Waals surface area contributed by atoms with Crippen LogP contribution in [0.5, 0.6) is 0 Å². The first-order chi connectivity index (χ1) is 11.5. The van der Waals surface area contributed by atoms with Crippen molar-refractivity contribution >= 4 is 17.2 Å². The fraction of sp³-hybridized carbons (Fsp3) is 0.722. The van der Waals surface area contributed by atoms with Gasteiger partial charge in [-0.1, -0.05) is 0 Å². The molecule has 1 aromatic rings. The zero-order valence-corrected chi connectivity index (χ0v) is 14.5. The minimum absolute atomic E-state index is 0.107. The highest BCUT2D eigenvalue weighted by molar-refractivity contribution is 7.12. The molecule has 0 spiro atoms. The third kappa shape index (κ3) is 3.97. The first kappa shape index (κ1) is 16.5. The Morgan fingerprint density at radius 2 is 2.00 bits per heavy atom. The Labute approximate surface area is 145 Å². The van der Waals surface area contributed by atoms with Gasteiger partial charge in [-0.25, -0.2) is 8.78 Å². The summed E-state index contributed by atoms with van der Waals surface area (Å²) in [5.41, 5.74) is 1.24. The SMILES string of the molecule is O=C(NC1CCC(F)(F)CC1)c1cc(C2CC2NCC2CC2)cs1. The maximum absolute atomic E-state index is 13.2. The molecule has 2 N–H and O–H groups in total. The Balaban J connectivity index is 1.26. The predicted molar refractivity (Wildman–Crippen MR) is 90.9 cm³/mol. The fourth-order valence-corrected chi connectivity index (χ4v) is 4.41. The van der Waals surface area contributed by atoms with Gasteiger partial charge in [-0.05, 0) is 61.6 Å². The number of nitrogens with one attached hydrogen (secondary N) is 2. The average Bonchev–Trinajstić information content (AvgIpc) is 3.46. The van der Waals surface area contributed by atoms with Gasteiger partial charge in [-0.3, -0.25) is 4.79 Å². The summed E-state index contributed by atoms with van der Waals surface area (Å²) in [6, 6.07) is 2.44. The number of thiophene rings is 1. The lowest BCUT2D eigenvalue weighted by Gasteiger charge is -2.28. The summed E-state index contributed by atoms with van der Waals surface area (Å²) in [4.78, 5) is 13.0. The molecule has 3 nitrogen and oxygen atoms in total. The average molecular weight is 354 g/mol. The standard InChI is InChI=1S/C18H24F2N2OS/c19-18(20)5-3-13(4-6-18)22-17(23)16-7-12(10-24-16)14-8-15(14)21-9-11-1-2-11/h7,10-11,13-15,21H,1-6,8-9H2,(H,22,23). The van der Waals surface area contributed by atoms with Gasteiger partial charge in [-0.15, -0.1) is 11.3 Å². The van der Waals surface area contributed by atoms with Crippen LogP contribution in [0.4, 0.5) is 8.78 Å². The van der Waals surface area contributed by atoms with Crippen molar-refractivity contribution in [3.63, 3.8) is 0 Å². The normalized spacial score (nSPS) is 29.4. The Kier molecular flexibility index (Phi) is 4.37. The second kappa shape index (κ2) is 6.37. The van der Waals surface area contributed by atoms with E-state index in [4.69, 9.17) is 0 Å². The molecule has 6 heteroatoms. The van der Waals surface area contributed by atoms with Gasteiger partial charge in [0.15, 0.2) is 0 Å². The van der Waals surface area contributed by atoms with Crippen LogP contribution in [0.2, 0.25) is 0 Å². The van der Waals surface area contributed by atoms with Crippen molar-refractivity contribution in [2.24, 2.45) is 5.92 Å². The van der Waals surface area contributed by atoms with Gasteiger partial charge in [0.2, 0.25) is 5.92 Å². The maximum atomic E-state index is 13.2. The van der Waals surface area contributed by atoms with E-state index in [1.165, 1.54) is 29.7 Å². The second-order valence-electron chi connectivity index (χ2n) is 7.65. The summed E-state index contributed by atoms with van der Waals surface area (Å²) in [5, 5.41) is 8.62. The number of carbonyl (C=O) groups excluding carboxylic acids is 1. The molecule has 1 amide bonds. The highest BCUT2D eigenvalue weighted by atomic mass is 32.1. The summed E-state index contributed by atoms with van der Waals surface area (Å²) in [5.74, 6) is -1.23. The highest BCUT2D eigenvalue weighted by Crippen LogP contribution is 2.43. The van der Waals surface area contributed by atoms with E-state index in [1.807, 2.05) is 6.07 Å². The monoisotopic (exact) mass is 354 g/mol. The van der Waals surface area contributed by atoms with Crippen LogP contribution in [0, 0.1) is 5.92 Å². The maximum Gasteiger partial charge on any atom is 0.261 e. The van der Waals surface area contributed by atoms with Crippen molar-refractivity contribution in [2.45, 2.75) is 68.9 Å². The molecule has 4 rings (SSSR count). The Morgan fingerprint density at radius 1 is 1.25 bits per heavy atom. The molecule has 0 aliphatic heterocycles. The zero-order chi connectivity index (χ0) is 16.7. The predicted octanol–water partition coefficient (Wildman–Crippen LogP) is 3.91. The molecule has 3 saturated carbocycles. The number of rotatable bonds is 6. The van der Waals surface area contributed by atoms with Gasteiger partial charge in [0, 0.05) is 30.8 Å². The molecule has 0 saturated heterocycles. The van der Waals surface area contributed by atoms with Crippen molar-refractivity contribution in [3.8, 4) is 0 Å². The molecule has 24 heavy (non-hydrogen) atoms. The van der Waals surface area contributed by atoms with E-state index in [0.717, 1.165) is 18.9 Å². The van der Waals surface area contributed by atoms with E-state index in [2.05, 4.69) is 16.0 Å². The summed E-state index contributed by atoms with van der Waals surface area (Å²) in [6.07, 6.45) is 4.37. The van der Waals surface area contributed by atoms with Gasteiger partial charge in [0.1, 0.15) is 0 Å². The smallest absolute Gasteiger partial charge is 0.261 e. The topological polar surface area (TPSA) is 41.1 Å². The van der Waals surface area contributed by atoms with Gasteiger partial charge < -0.3 is 10.6 Å². The third-order valence-corrected chi connectivity index (χ3v) is 6.43. The molecular weight excluding hydrogens is 330 g/mol. The second-order valence-corrected chi connectivity index (χ2v) is 8.56. The molecule has 0 aromatic carbocycles. The number of hydrogen-bond donors (Lipinski definition) is 2. The zero-order valence-electron chi connectivity index (χ0n) is 13.7. The first-order valence-electron chi connectivity index (χ1n) is 9.01. The number of halogens is 2. The van der Waals surface area contributed by atoms with Crippen molar-refractivity contribution in [2.75, 3.05) is 6.54 Å². The molecule has 1 aromatic heterocycles. The van der Waals surface area contributed by atoms with Gasteiger partial charge >= 0.3 is 0 Å². The Bertz CT molecular complexity index is 604. The van der Waals surface area contributed by atoms with Crippen molar-refractivity contribution in [1.29, 1.82) is 0 Å². The van der Waals surface area contributed by atoms with Crippen LogP contribution in [0.25, 0.3) is 0 Å². The molecule has 1 heterocycles. The summed E-state index contributed by atoms with van der Waals surface area (Å²) >= 11 is 1.47. The third-order valence-electron chi connectivity index (χ3n) is 5.48.